The molecule has 0 spiro atoms. The fourth-order valence-corrected chi connectivity index (χ4v) is 6.54. The highest BCUT2D eigenvalue weighted by molar-refractivity contribution is 5.93. The summed E-state index contributed by atoms with van der Waals surface area (Å²) in [4.78, 5) is 38.8. The fourth-order valence-electron chi connectivity index (χ4n) is 6.54. The summed E-state index contributed by atoms with van der Waals surface area (Å²) in [5.74, 6) is 2.09. The maximum Gasteiger partial charge on any atom is 0.238 e. The largest absolute Gasteiger partial charge is 0.349 e. The van der Waals surface area contributed by atoms with Gasteiger partial charge in [-0.05, 0) is 94.0 Å². The highest BCUT2D eigenvalue weighted by Crippen LogP contribution is 2.55. The third-order valence-corrected chi connectivity index (χ3v) is 7.60. The average molecular weight is 441 g/mol. The topological polar surface area (TPSA) is 90.5 Å². The first-order valence-corrected chi connectivity index (χ1v) is 12.0. The monoisotopic (exact) mass is 440 g/mol. The number of hydrogen-bond acceptors (Lipinski definition) is 4. The lowest BCUT2D eigenvalue weighted by Crippen LogP contribution is -2.62. The minimum atomic E-state index is -0.360. The molecule has 0 aromatic heterocycles. The molecule has 5 rings (SSSR count). The van der Waals surface area contributed by atoms with E-state index < -0.39 is 0 Å². The number of anilines is 2. The van der Waals surface area contributed by atoms with Gasteiger partial charge in [0.1, 0.15) is 0 Å². The molecule has 4 saturated carbocycles. The summed E-state index contributed by atoms with van der Waals surface area (Å²) in [5, 5.41) is 9.02. The molecule has 4 aliphatic carbocycles. The van der Waals surface area contributed by atoms with Crippen LogP contribution < -0.4 is 16.0 Å². The molecule has 0 radical (unpaired) electrons. The van der Waals surface area contributed by atoms with Gasteiger partial charge in [0.15, 0.2) is 0 Å². The Hall–Kier alpha value is -2.41. The van der Waals surface area contributed by atoms with Crippen LogP contribution in [0.5, 0.6) is 0 Å². The van der Waals surface area contributed by atoms with Gasteiger partial charge in [0, 0.05) is 23.8 Å². The minimum absolute atomic E-state index is 0.0165. The number of carbonyl (C=O) groups excluding carboxylic acids is 3. The molecule has 0 saturated heterocycles. The lowest BCUT2D eigenvalue weighted by molar-refractivity contribution is -0.132. The van der Waals surface area contributed by atoms with E-state index in [1.165, 1.54) is 26.2 Å². The van der Waals surface area contributed by atoms with Gasteiger partial charge in [-0.2, -0.15) is 0 Å². The quantitative estimate of drug-likeness (QED) is 0.578. The van der Waals surface area contributed by atoms with Crippen molar-refractivity contribution < 1.29 is 14.4 Å². The predicted molar refractivity (Wildman–Crippen MR) is 125 cm³/mol. The van der Waals surface area contributed by atoms with Gasteiger partial charge >= 0.3 is 0 Å². The van der Waals surface area contributed by atoms with Gasteiger partial charge in [-0.15, -0.1) is 0 Å². The van der Waals surface area contributed by atoms with E-state index in [2.05, 4.69) is 16.0 Å². The van der Waals surface area contributed by atoms with Gasteiger partial charge < -0.3 is 16.0 Å². The smallest absolute Gasteiger partial charge is 0.238 e. The first-order chi connectivity index (χ1) is 15.2. The van der Waals surface area contributed by atoms with Crippen LogP contribution in [0.2, 0.25) is 0 Å². The van der Waals surface area contributed by atoms with E-state index >= 15 is 0 Å². The van der Waals surface area contributed by atoms with E-state index in [0.717, 1.165) is 37.0 Å². The zero-order valence-corrected chi connectivity index (χ0v) is 19.4. The summed E-state index contributed by atoms with van der Waals surface area (Å²) >= 11 is 0. The van der Waals surface area contributed by atoms with Crippen LogP contribution in [-0.4, -0.2) is 47.3 Å². The lowest BCUT2D eigenvalue weighted by Gasteiger charge is -2.57. The summed E-state index contributed by atoms with van der Waals surface area (Å²) in [6, 6.07) is 6.64. The predicted octanol–water partition coefficient (Wildman–Crippen LogP) is 3.38. The molecule has 1 aromatic rings. The van der Waals surface area contributed by atoms with E-state index in [0.29, 0.717) is 17.9 Å². The molecule has 7 nitrogen and oxygen atoms in total. The van der Waals surface area contributed by atoms with Crippen molar-refractivity contribution in [2.24, 2.45) is 17.8 Å². The molecule has 4 aliphatic rings. The van der Waals surface area contributed by atoms with Crippen molar-refractivity contribution in [1.29, 1.82) is 0 Å². The summed E-state index contributed by atoms with van der Waals surface area (Å²) in [5.41, 5.74) is 1.32. The lowest BCUT2D eigenvalue weighted by atomic mass is 9.53. The van der Waals surface area contributed by atoms with Gasteiger partial charge in [-0.1, -0.05) is 6.92 Å². The van der Waals surface area contributed by atoms with Crippen LogP contribution in [0, 0.1) is 17.8 Å². The summed E-state index contributed by atoms with van der Waals surface area (Å²) in [7, 11) is 0. The molecule has 4 bridgehead atoms. The average Bonchev–Trinajstić information content (AvgIpc) is 2.71. The fraction of sp³-hybridized carbons (Fsp3) is 0.640. The normalized spacial score (nSPS) is 28.9. The molecule has 3 N–H and O–H groups in total. The van der Waals surface area contributed by atoms with Crippen LogP contribution in [0.3, 0.4) is 0 Å². The third-order valence-electron chi connectivity index (χ3n) is 7.60. The standard InChI is InChI=1S/C25H36N4O3/c1-4-29(15-23(31)27-22-7-5-21(6-8-22)26-17(3)30)16(2)24(32)28-25-12-18-9-19(13-25)11-20(10-18)14-25/h5-8,16,18-20H,4,9-15H2,1-3H3,(H,26,30)(H,27,31)(H,28,32). The van der Waals surface area contributed by atoms with Crippen molar-refractivity contribution in [3.63, 3.8) is 0 Å². The SMILES string of the molecule is CCN(CC(=O)Nc1ccc(NC(C)=O)cc1)C(C)C(=O)NC12CC3CC(CC(C3)C1)C2. The third kappa shape index (κ3) is 5.14. The molecule has 1 unspecified atom stereocenters. The number of likely N-dealkylation sites (N-methyl/N-ethyl adjacent to an activating group) is 1. The van der Waals surface area contributed by atoms with Gasteiger partial charge in [0.2, 0.25) is 17.7 Å². The van der Waals surface area contributed by atoms with Crippen LogP contribution in [0.4, 0.5) is 11.4 Å². The van der Waals surface area contributed by atoms with Gasteiger partial charge in [0.05, 0.1) is 12.6 Å². The van der Waals surface area contributed by atoms with Crippen LogP contribution in [0.1, 0.15) is 59.3 Å². The Morgan fingerprint density at radius 2 is 1.47 bits per heavy atom. The zero-order valence-electron chi connectivity index (χ0n) is 19.4. The van der Waals surface area contributed by atoms with Gasteiger partial charge in [-0.3, -0.25) is 19.3 Å². The van der Waals surface area contributed by atoms with E-state index in [9.17, 15) is 14.4 Å². The van der Waals surface area contributed by atoms with E-state index in [-0.39, 0.29) is 35.8 Å². The number of benzene rings is 1. The first kappa shape index (κ1) is 22.8. The molecule has 3 amide bonds. The van der Waals surface area contributed by atoms with Crippen LogP contribution in [-0.2, 0) is 14.4 Å². The van der Waals surface area contributed by atoms with Crippen LogP contribution >= 0.6 is 0 Å². The van der Waals surface area contributed by atoms with Crippen molar-refractivity contribution in [2.75, 3.05) is 23.7 Å². The van der Waals surface area contributed by atoms with Crippen molar-refractivity contribution >= 4 is 29.1 Å². The summed E-state index contributed by atoms with van der Waals surface area (Å²) < 4.78 is 0. The highest BCUT2D eigenvalue weighted by atomic mass is 16.2. The van der Waals surface area contributed by atoms with Crippen molar-refractivity contribution in [3.8, 4) is 0 Å². The molecule has 32 heavy (non-hydrogen) atoms. The van der Waals surface area contributed by atoms with Gasteiger partial charge in [-0.25, -0.2) is 0 Å². The second kappa shape index (κ2) is 9.22. The number of rotatable bonds is 8. The number of amides is 3. The molecule has 1 aromatic carbocycles. The number of nitrogens with zero attached hydrogens (tertiary/aromatic N) is 1. The van der Waals surface area contributed by atoms with Crippen molar-refractivity contribution in [1.82, 2.24) is 10.2 Å². The van der Waals surface area contributed by atoms with Crippen LogP contribution in [0.25, 0.3) is 0 Å². The zero-order chi connectivity index (χ0) is 22.9. The Morgan fingerprint density at radius 1 is 0.969 bits per heavy atom. The summed E-state index contributed by atoms with van der Waals surface area (Å²) in [6.45, 7) is 6.10. The first-order valence-electron chi connectivity index (χ1n) is 12.0. The molecule has 174 valence electrons. The van der Waals surface area contributed by atoms with Crippen molar-refractivity contribution in [2.45, 2.75) is 70.9 Å². The molecular formula is C25H36N4O3. The molecule has 0 heterocycles. The second-order valence-electron chi connectivity index (χ2n) is 10.2. The van der Waals surface area contributed by atoms with E-state index in [4.69, 9.17) is 0 Å². The second-order valence-corrected chi connectivity index (χ2v) is 10.2. The molecule has 0 aliphatic heterocycles. The maximum absolute atomic E-state index is 13.2. The van der Waals surface area contributed by atoms with Crippen molar-refractivity contribution in [3.05, 3.63) is 24.3 Å². The highest BCUT2D eigenvalue weighted by Gasteiger charge is 2.51. The Morgan fingerprint density at radius 3 is 1.94 bits per heavy atom. The Balaban J connectivity index is 1.31. The van der Waals surface area contributed by atoms with E-state index in [1.54, 1.807) is 24.3 Å². The minimum Gasteiger partial charge on any atom is -0.349 e. The molecule has 4 fully saturated rings. The Kier molecular flexibility index (Phi) is 6.56. The maximum atomic E-state index is 13.2. The Labute approximate surface area is 190 Å². The molecular weight excluding hydrogens is 404 g/mol. The number of hydrogen-bond donors (Lipinski definition) is 3. The number of nitrogens with one attached hydrogen (secondary N) is 3. The Bertz CT molecular complexity index is 831. The van der Waals surface area contributed by atoms with E-state index in [1.807, 2.05) is 18.7 Å². The molecule has 1 atom stereocenters. The van der Waals surface area contributed by atoms with Gasteiger partial charge in [0.25, 0.3) is 0 Å². The molecule has 7 heteroatoms. The summed E-state index contributed by atoms with van der Waals surface area (Å²) in [6.07, 6.45) is 7.41. The van der Waals surface area contributed by atoms with Crippen LogP contribution in [0.15, 0.2) is 24.3 Å². The number of carbonyl (C=O) groups is 3.